The molecule has 0 N–H and O–H groups in total. The van der Waals surface area contributed by atoms with Gasteiger partial charge < -0.3 is 0 Å². The summed E-state index contributed by atoms with van der Waals surface area (Å²) in [7, 11) is 0. The lowest BCUT2D eigenvalue weighted by Gasteiger charge is -2.15. The maximum absolute atomic E-state index is 4.66. The lowest BCUT2D eigenvalue weighted by Crippen LogP contribution is -1.96. The smallest absolute Gasteiger partial charge is 0.0742 e. The van der Waals surface area contributed by atoms with Gasteiger partial charge in [-0.15, -0.1) is 0 Å². The van der Waals surface area contributed by atoms with Crippen LogP contribution in [-0.2, 0) is 0 Å². The highest BCUT2D eigenvalue weighted by molar-refractivity contribution is 5.83. The largest absolute Gasteiger partial charge is 0.256 e. The van der Waals surface area contributed by atoms with E-state index in [1.165, 1.54) is 22.3 Å². The number of benzene rings is 2. The van der Waals surface area contributed by atoms with E-state index >= 15 is 0 Å². The van der Waals surface area contributed by atoms with E-state index in [1.807, 2.05) is 18.3 Å². The van der Waals surface area contributed by atoms with Gasteiger partial charge in [0.1, 0.15) is 0 Å². The van der Waals surface area contributed by atoms with Gasteiger partial charge in [0.2, 0.25) is 0 Å². The zero-order valence-electron chi connectivity index (χ0n) is 12.5. The van der Waals surface area contributed by atoms with Gasteiger partial charge in [-0.25, -0.2) is 0 Å². The molecule has 0 amide bonds. The van der Waals surface area contributed by atoms with Crippen molar-refractivity contribution in [2.45, 2.75) is 19.8 Å². The van der Waals surface area contributed by atoms with Gasteiger partial charge in [0.05, 0.1) is 5.69 Å². The second-order valence-corrected chi connectivity index (χ2v) is 5.51. The van der Waals surface area contributed by atoms with Crippen molar-refractivity contribution in [3.63, 3.8) is 0 Å². The Bertz CT molecular complexity index is 730. The first-order chi connectivity index (χ1) is 10.3. The first-order valence-corrected chi connectivity index (χ1v) is 7.37. The summed E-state index contributed by atoms with van der Waals surface area (Å²) in [4.78, 5) is 4.66. The van der Waals surface area contributed by atoms with Crippen molar-refractivity contribution in [1.29, 1.82) is 0 Å². The van der Waals surface area contributed by atoms with Crippen LogP contribution in [0.3, 0.4) is 0 Å². The summed E-state index contributed by atoms with van der Waals surface area (Å²) in [6, 6.07) is 23.2. The fourth-order valence-corrected chi connectivity index (χ4v) is 2.67. The molecule has 0 saturated carbocycles. The molecule has 0 aliphatic heterocycles. The molecular weight excluding hydrogens is 254 g/mol. The molecule has 1 heteroatoms. The zero-order chi connectivity index (χ0) is 14.7. The Morgan fingerprint density at radius 2 is 1.38 bits per heavy atom. The third-order valence-electron chi connectivity index (χ3n) is 3.73. The summed E-state index contributed by atoms with van der Waals surface area (Å²) in [5.74, 6) is 0.456. The fourth-order valence-electron chi connectivity index (χ4n) is 2.67. The molecule has 0 bridgehead atoms. The highest BCUT2D eigenvalue weighted by atomic mass is 14.7. The van der Waals surface area contributed by atoms with E-state index in [2.05, 4.69) is 73.4 Å². The van der Waals surface area contributed by atoms with Gasteiger partial charge in [0.15, 0.2) is 0 Å². The standard InChI is InChI=1S/C20H19N/c1-15(2)17-13-8-14-21-20(17)19-12-7-6-11-18(19)16-9-4-3-5-10-16/h3-15H,1-2H3. The molecule has 0 fully saturated rings. The Balaban J connectivity index is 2.21. The Hall–Kier alpha value is -2.41. The van der Waals surface area contributed by atoms with Crippen molar-refractivity contribution in [2.75, 3.05) is 0 Å². The van der Waals surface area contributed by atoms with Crippen molar-refractivity contribution < 1.29 is 0 Å². The minimum atomic E-state index is 0.456. The van der Waals surface area contributed by atoms with Crippen LogP contribution in [0.4, 0.5) is 0 Å². The van der Waals surface area contributed by atoms with Gasteiger partial charge in [-0.3, -0.25) is 4.98 Å². The lowest BCUT2D eigenvalue weighted by molar-refractivity contribution is 0.861. The third-order valence-corrected chi connectivity index (χ3v) is 3.73. The molecule has 104 valence electrons. The van der Waals surface area contributed by atoms with Crippen LogP contribution in [-0.4, -0.2) is 4.98 Å². The molecule has 1 aromatic heterocycles. The molecule has 2 aromatic carbocycles. The molecule has 0 unspecified atom stereocenters. The van der Waals surface area contributed by atoms with E-state index in [-0.39, 0.29) is 0 Å². The molecule has 0 radical (unpaired) electrons. The molecule has 3 aromatic rings. The van der Waals surface area contributed by atoms with E-state index in [1.54, 1.807) is 0 Å². The molecular formula is C20H19N. The number of pyridine rings is 1. The third kappa shape index (κ3) is 2.73. The van der Waals surface area contributed by atoms with Crippen molar-refractivity contribution >= 4 is 0 Å². The topological polar surface area (TPSA) is 12.9 Å². The lowest BCUT2D eigenvalue weighted by atomic mass is 9.92. The van der Waals surface area contributed by atoms with Crippen molar-refractivity contribution in [1.82, 2.24) is 4.98 Å². The van der Waals surface area contributed by atoms with Crippen molar-refractivity contribution in [3.05, 3.63) is 78.5 Å². The second kappa shape index (κ2) is 5.92. The first-order valence-electron chi connectivity index (χ1n) is 7.37. The summed E-state index contributed by atoms with van der Waals surface area (Å²) in [6.45, 7) is 4.43. The number of hydrogen-bond donors (Lipinski definition) is 0. The molecule has 1 nitrogen and oxygen atoms in total. The minimum Gasteiger partial charge on any atom is -0.256 e. The van der Waals surface area contributed by atoms with Crippen LogP contribution in [0.5, 0.6) is 0 Å². The molecule has 0 spiro atoms. The van der Waals surface area contributed by atoms with Crippen LogP contribution in [0, 0.1) is 0 Å². The monoisotopic (exact) mass is 273 g/mol. The highest BCUT2D eigenvalue weighted by Gasteiger charge is 2.13. The normalized spacial score (nSPS) is 10.8. The first kappa shape index (κ1) is 13.6. The molecule has 0 atom stereocenters. The van der Waals surface area contributed by atoms with Crippen molar-refractivity contribution in [3.8, 4) is 22.4 Å². The maximum atomic E-state index is 4.66. The average Bonchev–Trinajstić information content (AvgIpc) is 2.55. The number of nitrogens with zero attached hydrogens (tertiary/aromatic N) is 1. The highest BCUT2D eigenvalue weighted by Crippen LogP contribution is 2.34. The van der Waals surface area contributed by atoms with E-state index in [0.717, 1.165) is 5.69 Å². The Labute approximate surface area is 126 Å². The maximum Gasteiger partial charge on any atom is 0.0742 e. The van der Waals surface area contributed by atoms with E-state index in [9.17, 15) is 0 Å². The van der Waals surface area contributed by atoms with Gasteiger partial charge in [0, 0.05) is 11.8 Å². The second-order valence-electron chi connectivity index (χ2n) is 5.51. The summed E-state index contributed by atoms with van der Waals surface area (Å²) in [5, 5.41) is 0. The molecule has 0 saturated heterocycles. The molecule has 0 aliphatic rings. The fraction of sp³-hybridized carbons (Fsp3) is 0.150. The average molecular weight is 273 g/mol. The van der Waals surface area contributed by atoms with Crippen LogP contribution >= 0.6 is 0 Å². The Morgan fingerprint density at radius 3 is 2.10 bits per heavy atom. The number of hydrogen-bond acceptors (Lipinski definition) is 1. The Kier molecular flexibility index (Phi) is 3.83. The number of rotatable bonds is 3. The van der Waals surface area contributed by atoms with Gasteiger partial charge in [-0.05, 0) is 28.7 Å². The summed E-state index contributed by atoms with van der Waals surface area (Å²) < 4.78 is 0. The predicted molar refractivity (Wildman–Crippen MR) is 89.2 cm³/mol. The SMILES string of the molecule is CC(C)c1cccnc1-c1ccccc1-c1ccccc1. The van der Waals surface area contributed by atoms with Gasteiger partial charge >= 0.3 is 0 Å². The summed E-state index contributed by atoms with van der Waals surface area (Å²) in [6.07, 6.45) is 1.88. The molecule has 1 heterocycles. The van der Waals surface area contributed by atoms with Crippen LogP contribution in [0.15, 0.2) is 72.9 Å². The van der Waals surface area contributed by atoms with Crippen LogP contribution in [0.1, 0.15) is 25.3 Å². The van der Waals surface area contributed by atoms with Crippen LogP contribution < -0.4 is 0 Å². The molecule has 0 aliphatic carbocycles. The minimum absolute atomic E-state index is 0.456. The van der Waals surface area contributed by atoms with Crippen LogP contribution in [0.2, 0.25) is 0 Å². The Morgan fingerprint density at radius 1 is 0.714 bits per heavy atom. The van der Waals surface area contributed by atoms with E-state index in [0.29, 0.717) is 5.92 Å². The van der Waals surface area contributed by atoms with Gasteiger partial charge in [-0.2, -0.15) is 0 Å². The summed E-state index contributed by atoms with van der Waals surface area (Å²) in [5.41, 5.74) is 6.05. The molecule has 21 heavy (non-hydrogen) atoms. The van der Waals surface area contributed by atoms with E-state index in [4.69, 9.17) is 0 Å². The van der Waals surface area contributed by atoms with E-state index < -0.39 is 0 Å². The van der Waals surface area contributed by atoms with Gasteiger partial charge in [-0.1, -0.05) is 74.5 Å². The van der Waals surface area contributed by atoms with Crippen LogP contribution in [0.25, 0.3) is 22.4 Å². The summed E-state index contributed by atoms with van der Waals surface area (Å²) >= 11 is 0. The van der Waals surface area contributed by atoms with Gasteiger partial charge in [0.25, 0.3) is 0 Å². The zero-order valence-corrected chi connectivity index (χ0v) is 12.5. The predicted octanol–water partition coefficient (Wildman–Crippen LogP) is 5.54. The number of aromatic nitrogens is 1. The quantitative estimate of drug-likeness (QED) is 0.610. The molecule has 3 rings (SSSR count). The van der Waals surface area contributed by atoms with Crippen molar-refractivity contribution in [2.24, 2.45) is 0 Å².